The molecule has 3 aromatic rings. The lowest BCUT2D eigenvalue weighted by Crippen LogP contribution is -2.01. The van der Waals surface area contributed by atoms with Crippen molar-refractivity contribution in [1.29, 1.82) is 0 Å². The monoisotopic (exact) mass is 391 g/mol. The summed E-state index contributed by atoms with van der Waals surface area (Å²) >= 11 is 8.91. The standard InChI is InChI=1S/C17H14ClN3O2S2/c18-11-6-4-10(5-7-11)15-12-2-1-3-13(12)16(25-15)21-9-19-20-17(21)24-8-14(22)23/h4-7,9H,1-3,8H2,(H,22,23). The van der Waals surface area contributed by atoms with Gasteiger partial charge in [-0.15, -0.1) is 21.5 Å². The Morgan fingerprint density at radius 2 is 2.04 bits per heavy atom. The second-order valence-corrected chi connectivity index (χ2v) is 8.10. The summed E-state index contributed by atoms with van der Waals surface area (Å²) in [5, 5.41) is 19.4. The molecule has 8 heteroatoms. The number of benzene rings is 1. The molecule has 1 N–H and O–H groups in total. The minimum atomic E-state index is -0.863. The lowest BCUT2D eigenvalue weighted by atomic mass is 10.1. The van der Waals surface area contributed by atoms with Crippen molar-refractivity contribution in [2.45, 2.75) is 24.4 Å². The van der Waals surface area contributed by atoms with E-state index in [0.29, 0.717) is 5.16 Å². The molecular weight excluding hydrogens is 378 g/mol. The molecule has 5 nitrogen and oxygen atoms in total. The molecular formula is C17H14ClN3O2S2. The number of thiophene rings is 1. The summed E-state index contributed by atoms with van der Waals surface area (Å²) in [5.74, 6) is -0.895. The number of halogens is 1. The van der Waals surface area contributed by atoms with Crippen LogP contribution in [0.15, 0.2) is 35.7 Å². The van der Waals surface area contributed by atoms with Crippen molar-refractivity contribution in [2.75, 3.05) is 5.75 Å². The number of thioether (sulfide) groups is 1. The molecule has 0 unspecified atom stereocenters. The van der Waals surface area contributed by atoms with E-state index in [0.717, 1.165) is 34.8 Å². The zero-order valence-corrected chi connectivity index (χ0v) is 15.5. The molecule has 0 atom stereocenters. The number of carboxylic acid groups (broad SMARTS) is 1. The maximum atomic E-state index is 10.9. The lowest BCUT2D eigenvalue weighted by Gasteiger charge is -2.04. The van der Waals surface area contributed by atoms with E-state index in [4.69, 9.17) is 16.7 Å². The first-order chi connectivity index (χ1) is 12.1. The summed E-state index contributed by atoms with van der Waals surface area (Å²) in [6.07, 6.45) is 4.88. The Hall–Kier alpha value is -1.83. The third-order valence-electron chi connectivity index (χ3n) is 4.12. The maximum absolute atomic E-state index is 10.9. The average molecular weight is 392 g/mol. The molecule has 4 rings (SSSR count). The fraction of sp³-hybridized carbons (Fsp3) is 0.235. The number of carbonyl (C=O) groups is 1. The molecule has 1 aliphatic rings. The molecule has 0 bridgehead atoms. The van der Waals surface area contributed by atoms with Crippen LogP contribution in [0.25, 0.3) is 15.4 Å². The van der Waals surface area contributed by atoms with Gasteiger partial charge in [0.2, 0.25) is 0 Å². The predicted octanol–water partition coefficient (Wildman–Crippen LogP) is 4.31. The van der Waals surface area contributed by atoms with Gasteiger partial charge in [0.1, 0.15) is 11.3 Å². The highest BCUT2D eigenvalue weighted by Gasteiger charge is 2.25. The highest BCUT2D eigenvalue weighted by molar-refractivity contribution is 7.99. The third-order valence-corrected chi connectivity index (χ3v) is 6.62. The Morgan fingerprint density at radius 1 is 1.28 bits per heavy atom. The van der Waals surface area contributed by atoms with Crippen LogP contribution in [0.4, 0.5) is 0 Å². The molecule has 0 saturated carbocycles. The Bertz CT molecular complexity index is 934. The molecule has 2 heterocycles. The number of hydrogen-bond acceptors (Lipinski definition) is 5. The third kappa shape index (κ3) is 3.19. The SMILES string of the molecule is O=C(O)CSc1nncn1-c1sc(-c2ccc(Cl)cc2)c2c1CCC2. The largest absolute Gasteiger partial charge is 0.481 e. The fourth-order valence-electron chi connectivity index (χ4n) is 3.07. The first-order valence-electron chi connectivity index (χ1n) is 7.79. The zero-order valence-electron chi connectivity index (χ0n) is 13.1. The molecule has 0 radical (unpaired) electrons. The molecule has 2 aromatic heterocycles. The Labute approximate surface area is 157 Å². The van der Waals surface area contributed by atoms with Crippen LogP contribution in [-0.2, 0) is 17.6 Å². The van der Waals surface area contributed by atoms with Crippen molar-refractivity contribution in [3.05, 3.63) is 46.7 Å². The maximum Gasteiger partial charge on any atom is 0.313 e. The van der Waals surface area contributed by atoms with Crippen LogP contribution in [0.3, 0.4) is 0 Å². The quantitative estimate of drug-likeness (QED) is 0.656. The first kappa shape index (κ1) is 16.6. The van der Waals surface area contributed by atoms with Crippen LogP contribution in [0.5, 0.6) is 0 Å². The number of aromatic nitrogens is 3. The predicted molar refractivity (Wildman–Crippen MR) is 100 cm³/mol. The molecule has 1 aromatic carbocycles. The topological polar surface area (TPSA) is 68.0 Å². The van der Waals surface area contributed by atoms with E-state index >= 15 is 0 Å². The molecule has 128 valence electrons. The molecule has 1 aliphatic carbocycles. The minimum Gasteiger partial charge on any atom is -0.481 e. The Morgan fingerprint density at radius 3 is 2.80 bits per heavy atom. The summed E-state index contributed by atoms with van der Waals surface area (Å²) in [5.41, 5.74) is 3.86. The second-order valence-electron chi connectivity index (χ2n) is 5.72. The first-order valence-corrected chi connectivity index (χ1v) is 9.97. The molecule has 0 saturated heterocycles. The summed E-state index contributed by atoms with van der Waals surface area (Å²) in [6, 6.07) is 7.90. The molecule has 0 amide bonds. The van der Waals surface area contributed by atoms with Crippen molar-refractivity contribution in [3.63, 3.8) is 0 Å². The van der Waals surface area contributed by atoms with Gasteiger partial charge in [0.15, 0.2) is 5.16 Å². The highest BCUT2D eigenvalue weighted by atomic mass is 35.5. The van der Waals surface area contributed by atoms with Crippen LogP contribution in [0.1, 0.15) is 17.5 Å². The van der Waals surface area contributed by atoms with Gasteiger partial charge in [-0.25, -0.2) is 0 Å². The van der Waals surface area contributed by atoms with Gasteiger partial charge >= 0.3 is 5.97 Å². The van der Waals surface area contributed by atoms with E-state index in [9.17, 15) is 4.79 Å². The fourth-order valence-corrected chi connectivity index (χ4v) is 5.26. The van der Waals surface area contributed by atoms with Gasteiger partial charge in [0, 0.05) is 9.90 Å². The van der Waals surface area contributed by atoms with Crippen LogP contribution in [-0.4, -0.2) is 31.6 Å². The number of fused-ring (bicyclic) bond motifs is 1. The average Bonchev–Trinajstić information content (AvgIpc) is 3.30. The summed E-state index contributed by atoms with van der Waals surface area (Å²) in [4.78, 5) is 12.1. The van der Waals surface area contributed by atoms with Crippen LogP contribution in [0, 0.1) is 0 Å². The van der Waals surface area contributed by atoms with E-state index in [-0.39, 0.29) is 5.75 Å². The van der Waals surface area contributed by atoms with E-state index in [1.54, 1.807) is 17.7 Å². The smallest absolute Gasteiger partial charge is 0.313 e. The number of rotatable bonds is 5. The van der Waals surface area contributed by atoms with Crippen LogP contribution in [0.2, 0.25) is 5.02 Å². The van der Waals surface area contributed by atoms with Crippen molar-refractivity contribution in [1.82, 2.24) is 14.8 Å². The van der Waals surface area contributed by atoms with Gasteiger partial charge < -0.3 is 5.11 Å². The number of carboxylic acids is 1. The van der Waals surface area contributed by atoms with E-state index < -0.39 is 5.97 Å². The van der Waals surface area contributed by atoms with Crippen molar-refractivity contribution >= 4 is 40.7 Å². The highest BCUT2D eigenvalue weighted by Crippen LogP contribution is 2.44. The van der Waals surface area contributed by atoms with Gasteiger partial charge in [0.05, 0.1) is 5.75 Å². The van der Waals surface area contributed by atoms with E-state index in [1.165, 1.54) is 27.8 Å². The number of aliphatic carboxylic acids is 1. The number of nitrogens with zero attached hydrogens (tertiary/aromatic N) is 3. The van der Waals surface area contributed by atoms with Crippen molar-refractivity contribution < 1.29 is 9.90 Å². The lowest BCUT2D eigenvalue weighted by molar-refractivity contribution is -0.133. The van der Waals surface area contributed by atoms with Gasteiger partial charge in [-0.2, -0.15) is 0 Å². The summed E-state index contributed by atoms with van der Waals surface area (Å²) in [6.45, 7) is 0. The molecule has 0 spiro atoms. The van der Waals surface area contributed by atoms with Crippen LogP contribution >= 0.6 is 34.7 Å². The Balaban J connectivity index is 1.77. The Kier molecular flexibility index (Phi) is 4.54. The van der Waals surface area contributed by atoms with E-state index in [2.05, 4.69) is 10.2 Å². The van der Waals surface area contributed by atoms with Gasteiger partial charge in [-0.1, -0.05) is 35.5 Å². The molecule has 25 heavy (non-hydrogen) atoms. The van der Waals surface area contributed by atoms with Crippen molar-refractivity contribution in [3.8, 4) is 15.4 Å². The minimum absolute atomic E-state index is 0.0314. The van der Waals surface area contributed by atoms with Gasteiger partial charge in [0.25, 0.3) is 0 Å². The second kappa shape index (κ2) is 6.82. The zero-order chi connectivity index (χ0) is 17.4. The van der Waals surface area contributed by atoms with Crippen LogP contribution < -0.4 is 0 Å². The normalized spacial score (nSPS) is 13.2. The number of hydrogen-bond donors (Lipinski definition) is 1. The van der Waals surface area contributed by atoms with E-state index in [1.807, 2.05) is 28.8 Å². The summed E-state index contributed by atoms with van der Waals surface area (Å²) < 4.78 is 1.92. The summed E-state index contributed by atoms with van der Waals surface area (Å²) in [7, 11) is 0. The molecule has 0 aliphatic heterocycles. The van der Waals surface area contributed by atoms with Gasteiger partial charge in [-0.05, 0) is 48.1 Å². The van der Waals surface area contributed by atoms with Gasteiger partial charge in [-0.3, -0.25) is 9.36 Å². The molecule has 0 fully saturated rings. The van der Waals surface area contributed by atoms with Crippen molar-refractivity contribution in [2.24, 2.45) is 0 Å².